The van der Waals surface area contributed by atoms with Crippen molar-refractivity contribution in [2.24, 2.45) is 5.73 Å². The second-order valence-corrected chi connectivity index (χ2v) is 5.59. The van der Waals surface area contributed by atoms with E-state index in [2.05, 4.69) is 6.92 Å². The number of unbranched alkanes of at least 4 members (excludes halogenated alkanes) is 9. The Hall–Kier alpha value is -0.610. The zero-order valence-electron chi connectivity index (χ0n) is 13.4. The lowest BCUT2D eigenvalue weighted by Gasteiger charge is -2.24. The summed E-state index contributed by atoms with van der Waals surface area (Å²) in [7, 11) is 0. The molecule has 0 aromatic carbocycles. The first kappa shape index (κ1) is 19.4. The number of likely N-dealkylation sites (N-methyl/N-ethyl adjacent to an activating group) is 1. The van der Waals surface area contributed by atoms with Crippen LogP contribution in [0.4, 0.5) is 0 Å². The molecule has 1 unspecified atom stereocenters. The first-order valence-corrected chi connectivity index (χ1v) is 8.35. The van der Waals surface area contributed by atoms with E-state index >= 15 is 0 Å². The van der Waals surface area contributed by atoms with E-state index in [1.807, 2.05) is 11.8 Å². The smallest absolute Gasteiger partial charge is 0.335 e. The van der Waals surface area contributed by atoms with E-state index < -0.39 is 12.1 Å². The van der Waals surface area contributed by atoms with E-state index in [1.54, 1.807) is 0 Å². The van der Waals surface area contributed by atoms with Crippen LogP contribution >= 0.6 is 0 Å². The van der Waals surface area contributed by atoms with Gasteiger partial charge in [-0.15, -0.1) is 0 Å². The van der Waals surface area contributed by atoms with Crippen molar-refractivity contribution in [3.05, 3.63) is 0 Å². The Labute approximate surface area is 124 Å². The van der Waals surface area contributed by atoms with E-state index in [0.29, 0.717) is 6.54 Å². The first-order valence-electron chi connectivity index (χ1n) is 8.35. The summed E-state index contributed by atoms with van der Waals surface area (Å²) >= 11 is 0. The largest absolute Gasteiger partial charge is 0.479 e. The Morgan fingerprint density at radius 2 is 1.40 bits per heavy atom. The highest BCUT2D eigenvalue weighted by molar-refractivity contribution is 5.72. The van der Waals surface area contributed by atoms with E-state index in [1.165, 1.54) is 57.8 Å². The summed E-state index contributed by atoms with van der Waals surface area (Å²) in [4.78, 5) is 12.6. The Morgan fingerprint density at radius 3 is 1.80 bits per heavy atom. The molecule has 0 aliphatic rings. The van der Waals surface area contributed by atoms with Crippen LogP contribution in [0.2, 0.25) is 0 Å². The molecule has 0 aromatic rings. The van der Waals surface area contributed by atoms with Crippen LogP contribution in [0.1, 0.15) is 78.1 Å². The quantitative estimate of drug-likeness (QED) is 0.378. The second-order valence-electron chi connectivity index (χ2n) is 5.59. The minimum atomic E-state index is -0.932. The van der Waals surface area contributed by atoms with Gasteiger partial charge in [-0.25, -0.2) is 4.79 Å². The topological polar surface area (TPSA) is 66.6 Å². The molecule has 0 saturated carbocycles. The molecule has 4 heteroatoms. The van der Waals surface area contributed by atoms with Crippen molar-refractivity contribution < 1.29 is 9.90 Å². The maximum atomic E-state index is 10.8. The molecular weight excluding hydrogens is 252 g/mol. The van der Waals surface area contributed by atoms with Crippen LogP contribution in [-0.4, -0.2) is 35.2 Å². The number of carbonyl (C=O) groups is 1. The van der Waals surface area contributed by atoms with Gasteiger partial charge in [-0.05, 0) is 13.0 Å². The van der Waals surface area contributed by atoms with E-state index in [-0.39, 0.29) is 0 Å². The van der Waals surface area contributed by atoms with Crippen molar-refractivity contribution in [1.29, 1.82) is 0 Å². The molecule has 0 aliphatic carbocycles. The molecule has 20 heavy (non-hydrogen) atoms. The van der Waals surface area contributed by atoms with Gasteiger partial charge in [0, 0.05) is 6.54 Å². The molecule has 0 radical (unpaired) electrons. The first-order chi connectivity index (χ1) is 9.63. The summed E-state index contributed by atoms with van der Waals surface area (Å²) in [6, 6.07) is 0. The summed E-state index contributed by atoms with van der Waals surface area (Å²) in [5, 5.41) is 8.88. The Morgan fingerprint density at radius 1 is 0.950 bits per heavy atom. The fourth-order valence-electron chi connectivity index (χ4n) is 2.45. The molecule has 3 N–H and O–H groups in total. The second kappa shape index (κ2) is 13.4. The van der Waals surface area contributed by atoms with Gasteiger partial charge in [-0.1, -0.05) is 71.6 Å². The summed E-state index contributed by atoms with van der Waals surface area (Å²) in [5.74, 6) is -0.932. The third-order valence-electron chi connectivity index (χ3n) is 3.85. The molecule has 0 saturated heterocycles. The van der Waals surface area contributed by atoms with Crippen LogP contribution < -0.4 is 5.73 Å². The van der Waals surface area contributed by atoms with Gasteiger partial charge in [0.1, 0.15) is 0 Å². The number of carboxylic acid groups (broad SMARTS) is 1. The van der Waals surface area contributed by atoms with E-state index in [4.69, 9.17) is 10.8 Å². The summed E-state index contributed by atoms with van der Waals surface area (Å²) < 4.78 is 0. The predicted molar refractivity (Wildman–Crippen MR) is 84.7 cm³/mol. The molecular formula is C16H34N2O2. The van der Waals surface area contributed by atoms with Crippen molar-refractivity contribution in [2.75, 3.05) is 13.1 Å². The van der Waals surface area contributed by atoms with Gasteiger partial charge in [-0.3, -0.25) is 4.90 Å². The molecule has 0 spiro atoms. The maximum Gasteiger partial charge on any atom is 0.335 e. The molecule has 4 nitrogen and oxygen atoms in total. The van der Waals surface area contributed by atoms with Crippen LogP contribution in [0, 0.1) is 0 Å². The number of hydrogen-bond donors (Lipinski definition) is 2. The number of rotatable bonds is 14. The van der Waals surface area contributed by atoms with Gasteiger partial charge in [-0.2, -0.15) is 0 Å². The zero-order valence-corrected chi connectivity index (χ0v) is 13.4. The number of nitrogens with two attached hydrogens (primary N) is 1. The molecule has 0 amide bonds. The minimum Gasteiger partial charge on any atom is -0.479 e. The SMILES string of the molecule is CCCCCCCCCCCCN(CC)C(N)C(=O)O. The molecule has 0 aromatic heterocycles. The highest BCUT2D eigenvalue weighted by Crippen LogP contribution is 2.11. The van der Waals surface area contributed by atoms with Crippen LogP contribution in [0.3, 0.4) is 0 Å². The standard InChI is InChI=1S/C16H34N2O2/c1-3-5-6-7-8-9-10-11-12-13-14-18(4-2)15(17)16(19)20/h15H,3-14,17H2,1-2H3,(H,19,20). The summed E-state index contributed by atoms with van der Waals surface area (Å²) in [5.41, 5.74) is 5.62. The fraction of sp³-hybridized carbons (Fsp3) is 0.938. The van der Waals surface area contributed by atoms with Crippen LogP contribution in [0.25, 0.3) is 0 Å². The van der Waals surface area contributed by atoms with Crippen molar-refractivity contribution in [2.45, 2.75) is 84.2 Å². The number of carboxylic acids is 1. The lowest BCUT2D eigenvalue weighted by molar-refractivity contribution is -0.143. The zero-order chi connectivity index (χ0) is 15.2. The molecule has 120 valence electrons. The van der Waals surface area contributed by atoms with E-state index in [0.717, 1.165) is 13.0 Å². The monoisotopic (exact) mass is 286 g/mol. The van der Waals surface area contributed by atoms with Crippen LogP contribution in [-0.2, 0) is 4.79 Å². The minimum absolute atomic E-state index is 0.699. The summed E-state index contributed by atoms with van der Waals surface area (Å²) in [6.07, 6.45) is 12.1. The average molecular weight is 286 g/mol. The number of aliphatic carboxylic acids is 1. The van der Waals surface area contributed by atoms with Gasteiger partial charge < -0.3 is 10.8 Å². The Balaban J connectivity index is 3.40. The highest BCUT2D eigenvalue weighted by atomic mass is 16.4. The molecule has 0 heterocycles. The van der Waals surface area contributed by atoms with Crippen molar-refractivity contribution in [1.82, 2.24) is 4.90 Å². The molecule has 0 fully saturated rings. The van der Waals surface area contributed by atoms with Gasteiger partial charge in [0.2, 0.25) is 0 Å². The lowest BCUT2D eigenvalue weighted by Crippen LogP contribution is -2.48. The Kier molecular flexibility index (Phi) is 13.0. The number of hydrogen-bond acceptors (Lipinski definition) is 3. The van der Waals surface area contributed by atoms with Crippen LogP contribution in [0.15, 0.2) is 0 Å². The van der Waals surface area contributed by atoms with Crippen molar-refractivity contribution in [3.63, 3.8) is 0 Å². The fourth-order valence-corrected chi connectivity index (χ4v) is 2.45. The van der Waals surface area contributed by atoms with Gasteiger partial charge >= 0.3 is 5.97 Å². The van der Waals surface area contributed by atoms with Gasteiger partial charge in [0.15, 0.2) is 6.17 Å². The Bertz CT molecular complexity index is 235. The van der Waals surface area contributed by atoms with Crippen LogP contribution in [0.5, 0.6) is 0 Å². The molecule has 0 rings (SSSR count). The third kappa shape index (κ3) is 10.2. The highest BCUT2D eigenvalue weighted by Gasteiger charge is 2.18. The number of nitrogens with zero attached hydrogens (tertiary/aromatic N) is 1. The normalized spacial score (nSPS) is 12.8. The maximum absolute atomic E-state index is 10.8. The molecule has 1 atom stereocenters. The van der Waals surface area contributed by atoms with Crippen molar-refractivity contribution in [3.8, 4) is 0 Å². The molecule has 0 bridgehead atoms. The van der Waals surface area contributed by atoms with Gasteiger partial charge in [0.25, 0.3) is 0 Å². The molecule has 0 aliphatic heterocycles. The summed E-state index contributed by atoms with van der Waals surface area (Å²) in [6.45, 7) is 5.69. The van der Waals surface area contributed by atoms with Crippen molar-refractivity contribution >= 4 is 5.97 Å². The lowest BCUT2D eigenvalue weighted by atomic mass is 10.1. The predicted octanol–water partition coefficient (Wildman–Crippen LogP) is 3.60. The third-order valence-corrected chi connectivity index (χ3v) is 3.85. The van der Waals surface area contributed by atoms with Gasteiger partial charge in [0.05, 0.1) is 0 Å². The van der Waals surface area contributed by atoms with E-state index in [9.17, 15) is 4.79 Å². The average Bonchev–Trinajstić information content (AvgIpc) is 2.44.